The Morgan fingerprint density at radius 1 is 1.10 bits per heavy atom. The van der Waals surface area contributed by atoms with E-state index in [1.807, 2.05) is 0 Å². The molecule has 1 saturated carbocycles. The van der Waals surface area contributed by atoms with E-state index in [4.69, 9.17) is 0 Å². The van der Waals surface area contributed by atoms with Gasteiger partial charge in [0.15, 0.2) is 0 Å². The van der Waals surface area contributed by atoms with Crippen LogP contribution < -0.4 is 5.32 Å². The number of hydrogen-bond donors (Lipinski definition) is 1. The average Bonchev–Trinajstić information content (AvgIpc) is 2.45. The minimum atomic E-state index is 0.748. The number of likely N-dealkylation sites (tertiary alicyclic amines) is 1. The SMILES string of the molecule is CCCNC1CCC(C(C)C)CC1N1CCC(C)CC1. The molecule has 2 nitrogen and oxygen atoms in total. The number of rotatable bonds is 5. The van der Waals surface area contributed by atoms with Gasteiger partial charge >= 0.3 is 0 Å². The molecule has 2 heteroatoms. The fourth-order valence-corrected chi connectivity index (χ4v) is 4.12. The predicted octanol–water partition coefficient (Wildman–Crippen LogP) is 3.91. The second kappa shape index (κ2) is 7.79. The Labute approximate surface area is 126 Å². The molecule has 20 heavy (non-hydrogen) atoms. The Hall–Kier alpha value is -0.0800. The van der Waals surface area contributed by atoms with Crippen LogP contribution in [0.15, 0.2) is 0 Å². The maximum absolute atomic E-state index is 3.85. The largest absolute Gasteiger partial charge is 0.312 e. The van der Waals surface area contributed by atoms with Crippen molar-refractivity contribution in [3.8, 4) is 0 Å². The molecule has 3 atom stereocenters. The zero-order chi connectivity index (χ0) is 14.5. The molecule has 1 saturated heterocycles. The lowest BCUT2D eigenvalue weighted by molar-refractivity contribution is 0.0578. The first-order chi connectivity index (χ1) is 9.61. The molecular formula is C18H36N2. The van der Waals surface area contributed by atoms with Gasteiger partial charge in [-0.1, -0.05) is 27.7 Å². The van der Waals surface area contributed by atoms with E-state index >= 15 is 0 Å². The minimum absolute atomic E-state index is 0.748. The first-order valence-electron chi connectivity index (χ1n) is 9.09. The van der Waals surface area contributed by atoms with Gasteiger partial charge in [0.2, 0.25) is 0 Å². The molecule has 0 radical (unpaired) electrons. The lowest BCUT2D eigenvalue weighted by Gasteiger charge is -2.46. The fraction of sp³-hybridized carbons (Fsp3) is 1.00. The van der Waals surface area contributed by atoms with Crippen molar-refractivity contribution in [2.24, 2.45) is 17.8 Å². The van der Waals surface area contributed by atoms with Crippen molar-refractivity contribution in [2.75, 3.05) is 19.6 Å². The first kappa shape index (κ1) is 16.3. The fourth-order valence-electron chi connectivity index (χ4n) is 4.12. The second-order valence-corrected chi connectivity index (χ2v) is 7.66. The van der Waals surface area contributed by atoms with Crippen LogP contribution in [-0.4, -0.2) is 36.6 Å². The highest BCUT2D eigenvalue weighted by Gasteiger charge is 2.35. The normalized spacial score (nSPS) is 33.8. The summed E-state index contributed by atoms with van der Waals surface area (Å²) in [6, 6.07) is 1.55. The van der Waals surface area contributed by atoms with Gasteiger partial charge in [-0.2, -0.15) is 0 Å². The van der Waals surface area contributed by atoms with Crippen molar-refractivity contribution in [1.82, 2.24) is 10.2 Å². The smallest absolute Gasteiger partial charge is 0.0252 e. The standard InChI is InChI=1S/C18H36N2/c1-5-10-19-17-7-6-16(14(2)3)13-18(17)20-11-8-15(4)9-12-20/h14-19H,5-13H2,1-4H3. The molecule has 0 aromatic heterocycles. The van der Waals surface area contributed by atoms with E-state index < -0.39 is 0 Å². The maximum Gasteiger partial charge on any atom is 0.0252 e. The Balaban J connectivity index is 1.97. The van der Waals surface area contributed by atoms with Crippen LogP contribution in [0.4, 0.5) is 0 Å². The summed E-state index contributed by atoms with van der Waals surface area (Å²) in [6.07, 6.45) is 8.31. The van der Waals surface area contributed by atoms with Crippen molar-refractivity contribution in [2.45, 2.75) is 78.3 Å². The molecule has 3 unspecified atom stereocenters. The second-order valence-electron chi connectivity index (χ2n) is 7.66. The monoisotopic (exact) mass is 280 g/mol. The molecular weight excluding hydrogens is 244 g/mol. The molecule has 1 N–H and O–H groups in total. The third kappa shape index (κ3) is 4.21. The van der Waals surface area contributed by atoms with Crippen LogP contribution in [0.3, 0.4) is 0 Å². The van der Waals surface area contributed by atoms with Crippen molar-refractivity contribution >= 4 is 0 Å². The molecule has 0 aromatic carbocycles. The van der Waals surface area contributed by atoms with E-state index in [1.54, 1.807) is 0 Å². The summed E-state index contributed by atoms with van der Waals surface area (Å²) in [5, 5.41) is 3.85. The molecule has 1 heterocycles. The van der Waals surface area contributed by atoms with Crippen LogP contribution in [0.2, 0.25) is 0 Å². The third-order valence-electron chi connectivity index (χ3n) is 5.74. The molecule has 2 rings (SSSR count). The zero-order valence-corrected chi connectivity index (χ0v) is 14.2. The quantitative estimate of drug-likeness (QED) is 0.821. The number of piperidine rings is 1. The highest BCUT2D eigenvalue weighted by molar-refractivity contribution is 4.93. The van der Waals surface area contributed by atoms with E-state index in [1.165, 1.54) is 58.2 Å². The van der Waals surface area contributed by atoms with Crippen LogP contribution in [-0.2, 0) is 0 Å². The summed E-state index contributed by atoms with van der Waals surface area (Å²) in [6.45, 7) is 13.4. The molecule has 0 aromatic rings. The summed E-state index contributed by atoms with van der Waals surface area (Å²) in [7, 11) is 0. The lowest BCUT2D eigenvalue weighted by atomic mass is 9.75. The number of nitrogens with one attached hydrogen (secondary N) is 1. The topological polar surface area (TPSA) is 15.3 Å². The van der Waals surface area contributed by atoms with Gasteiger partial charge in [-0.05, 0) is 75.9 Å². The van der Waals surface area contributed by atoms with Crippen LogP contribution >= 0.6 is 0 Å². The molecule has 0 amide bonds. The van der Waals surface area contributed by atoms with Gasteiger partial charge in [-0.15, -0.1) is 0 Å². The van der Waals surface area contributed by atoms with Gasteiger partial charge in [0.1, 0.15) is 0 Å². The van der Waals surface area contributed by atoms with E-state index in [0.29, 0.717) is 0 Å². The van der Waals surface area contributed by atoms with E-state index in [0.717, 1.165) is 29.8 Å². The van der Waals surface area contributed by atoms with Gasteiger partial charge in [0, 0.05) is 12.1 Å². The first-order valence-corrected chi connectivity index (χ1v) is 9.09. The van der Waals surface area contributed by atoms with E-state index in [-0.39, 0.29) is 0 Å². The van der Waals surface area contributed by atoms with Crippen molar-refractivity contribution in [1.29, 1.82) is 0 Å². The highest BCUT2D eigenvalue weighted by atomic mass is 15.2. The van der Waals surface area contributed by atoms with Crippen molar-refractivity contribution in [3.63, 3.8) is 0 Å². The van der Waals surface area contributed by atoms with Gasteiger partial charge in [0.25, 0.3) is 0 Å². The molecule has 118 valence electrons. The molecule has 1 aliphatic heterocycles. The zero-order valence-electron chi connectivity index (χ0n) is 14.2. The number of hydrogen-bond acceptors (Lipinski definition) is 2. The summed E-state index contributed by atoms with van der Waals surface area (Å²) in [5.41, 5.74) is 0. The third-order valence-corrected chi connectivity index (χ3v) is 5.74. The molecule has 0 spiro atoms. The van der Waals surface area contributed by atoms with Crippen LogP contribution in [0, 0.1) is 17.8 Å². The highest BCUT2D eigenvalue weighted by Crippen LogP contribution is 2.34. The molecule has 0 bridgehead atoms. The van der Waals surface area contributed by atoms with E-state index in [2.05, 4.69) is 37.9 Å². The summed E-state index contributed by atoms with van der Waals surface area (Å²) in [4.78, 5) is 2.82. The Morgan fingerprint density at radius 3 is 2.40 bits per heavy atom. The molecule has 2 aliphatic rings. The summed E-state index contributed by atoms with van der Waals surface area (Å²) >= 11 is 0. The molecule has 1 aliphatic carbocycles. The summed E-state index contributed by atoms with van der Waals surface area (Å²) in [5.74, 6) is 2.74. The van der Waals surface area contributed by atoms with E-state index in [9.17, 15) is 0 Å². The number of nitrogens with zero attached hydrogens (tertiary/aromatic N) is 1. The predicted molar refractivity (Wildman–Crippen MR) is 88.0 cm³/mol. The van der Waals surface area contributed by atoms with Crippen molar-refractivity contribution in [3.05, 3.63) is 0 Å². The van der Waals surface area contributed by atoms with Gasteiger partial charge in [-0.3, -0.25) is 4.90 Å². The Kier molecular flexibility index (Phi) is 6.35. The van der Waals surface area contributed by atoms with Crippen molar-refractivity contribution < 1.29 is 0 Å². The van der Waals surface area contributed by atoms with Gasteiger partial charge in [-0.25, -0.2) is 0 Å². The lowest BCUT2D eigenvalue weighted by Crippen LogP contribution is -2.55. The van der Waals surface area contributed by atoms with Crippen LogP contribution in [0.25, 0.3) is 0 Å². The Morgan fingerprint density at radius 2 is 1.80 bits per heavy atom. The minimum Gasteiger partial charge on any atom is -0.312 e. The van der Waals surface area contributed by atoms with Gasteiger partial charge < -0.3 is 5.32 Å². The summed E-state index contributed by atoms with van der Waals surface area (Å²) < 4.78 is 0. The Bertz CT molecular complexity index is 264. The van der Waals surface area contributed by atoms with Gasteiger partial charge in [0.05, 0.1) is 0 Å². The molecule has 2 fully saturated rings. The van der Waals surface area contributed by atoms with Crippen LogP contribution in [0.1, 0.15) is 66.2 Å². The average molecular weight is 280 g/mol. The van der Waals surface area contributed by atoms with Crippen LogP contribution in [0.5, 0.6) is 0 Å². The maximum atomic E-state index is 3.85.